The van der Waals surface area contributed by atoms with Crippen LogP contribution < -0.4 is 0 Å². The zero-order chi connectivity index (χ0) is 11.7. The summed E-state index contributed by atoms with van der Waals surface area (Å²) in [6.45, 7) is 2.02. The molecule has 1 N–H and O–H groups in total. The molecule has 2 aromatic heterocycles. The first-order valence-corrected chi connectivity index (χ1v) is 6.60. The Labute approximate surface area is 106 Å². The van der Waals surface area contributed by atoms with Gasteiger partial charge in [0, 0.05) is 24.2 Å². The van der Waals surface area contributed by atoms with Gasteiger partial charge in [0.15, 0.2) is 0 Å². The molecule has 0 radical (unpaired) electrons. The highest BCUT2D eigenvalue weighted by Gasteiger charge is 2.19. The van der Waals surface area contributed by atoms with Crippen LogP contribution >= 0.6 is 27.3 Å². The molecule has 0 aliphatic carbocycles. The van der Waals surface area contributed by atoms with Crippen LogP contribution in [0.2, 0.25) is 0 Å². The van der Waals surface area contributed by atoms with Crippen LogP contribution in [0.15, 0.2) is 16.2 Å². The smallest absolute Gasteiger partial charge is 0.134 e. The minimum Gasteiger partial charge on any atom is -0.381 e. The molecular weight excluding hydrogens is 290 g/mol. The predicted molar refractivity (Wildman–Crippen MR) is 66.5 cm³/mol. The molecule has 0 saturated carbocycles. The third-order valence-corrected chi connectivity index (χ3v) is 3.90. The van der Waals surface area contributed by atoms with E-state index in [0.29, 0.717) is 5.01 Å². The minimum atomic E-state index is -0.681. The van der Waals surface area contributed by atoms with Crippen LogP contribution in [0.4, 0.5) is 0 Å². The lowest BCUT2D eigenvalue weighted by atomic mass is 10.1. The Hall–Kier alpha value is -0.720. The van der Waals surface area contributed by atoms with Crippen molar-refractivity contribution in [2.24, 2.45) is 7.05 Å². The highest BCUT2D eigenvalue weighted by atomic mass is 79.9. The van der Waals surface area contributed by atoms with E-state index in [1.165, 1.54) is 11.3 Å². The van der Waals surface area contributed by atoms with Crippen LogP contribution in [0.25, 0.3) is 0 Å². The molecule has 2 heterocycles. The summed E-state index contributed by atoms with van der Waals surface area (Å²) >= 11 is 4.72. The van der Waals surface area contributed by atoms with Gasteiger partial charge in [-0.1, -0.05) is 6.92 Å². The van der Waals surface area contributed by atoms with Gasteiger partial charge in [-0.3, -0.25) is 4.68 Å². The van der Waals surface area contributed by atoms with Crippen LogP contribution in [-0.4, -0.2) is 19.9 Å². The number of thiazole rings is 1. The molecule has 16 heavy (non-hydrogen) atoms. The van der Waals surface area contributed by atoms with Crippen LogP contribution in [-0.2, 0) is 13.5 Å². The Balaban J connectivity index is 2.36. The van der Waals surface area contributed by atoms with E-state index in [2.05, 4.69) is 26.0 Å². The molecule has 0 spiro atoms. The van der Waals surface area contributed by atoms with Crippen molar-refractivity contribution in [1.82, 2.24) is 14.8 Å². The van der Waals surface area contributed by atoms with E-state index in [1.54, 1.807) is 4.68 Å². The quantitative estimate of drug-likeness (QED) is 0.946. The maximum Gasteiger partial charge on any atom is 0.134 e. The fourth-order valence-corrected chi connectivity index (χ4v) is 2.85. The van der Waals surface area contributed by atoms with Gasteiger partial charge in [-0.05, 0) is 22.4 Å². The Morgan fingerprint density at radius 3 is 2.94 bits per heavy atom. The van der Waals surface area contributed by atoms with E-state index >= 15 is 0 Å². The van der Waals surface area contributed by atoms with E-state index in [9.17, 15) is 5.11 Å². The highest BCUT2D eigenvalue weighted by molar-refractivity contribution is 9.10. The Morgan fingerprint density at radius 2 is 2.38 bits per heavy atom. The lowest BCUT2D eigenvalue weighted by Crippen LogP contribution is -2.01. The molecule has 0 fully saturated rings. The van der Waals surface area contributed by atoms with E-state index in [0.717, 1.165) is 22.3 Å². The molecule has 4 nitrogen and oxygen atoms in total. The summed E-state index contributed by atoms with van der Waals surface area (Å²) in [5, 5.41) is 17.1. The number of halogens is 1. The second-order valence-corrected chi connectivity index (χ2v) is 5.17. The number of aryl methyl sites for hydroxylation is 2. The standard InChI is InChI=1S/C10H12BrN3OS/c1-3-7-6(4-14(2)13-7)9(15)10-12-8(11)5-16-10/h4-5,9,15H,3H2,1-2H3. The molecule has 0 amide bonds. The number of aliphatic hydroxyl groups excluding tert-OH is 1. The third-order valence-electron chi connectivity index (χ3n) is 2.29. The van der Waals surface area contributed by atoms with Crippen LogP contribution in [0.1, 0.15) is 29.3 Å². The van der Waals surface area contributed by atoms with Gasteiger partial charge in [0.2, 0.25) is 0 Å². The van der Waals surface area contributed by atoms with Gasteiger partial charge in [0.05, 0.1) is 5.69 Å². The molecule has 1 atom stereocenters. The first-order chi connectivity index (χ1) is 7.61. The van der Waals surface area contributed by atoms with Crippen molar-refractivity contribution in [3.63, 3.8) is 0 Å². The van der Waals surface area contributed by atoms with Crippen LogP contribution in [0, 0.1) is 0 Å². The molecule has 0 bridgehead atoms. The monoisotopic (exact) mass is 301 g/mol. The predicted octanol–water partition coefficient (Wildman–Crippen LogP) is 2.28. The molecule has 2 rings (SSSR count). The van der Waals surface area contributed by atoms with Gasteiger partial charge in [-0.25, -0.2) is 4.98 Å². The molecule has 6 heteroatoms. The summed E-state index contributed by atoms with van der Waals surface area (Å²) in [5.74, 6) is 0. The molecule has 86 valence electrons. The largest absolute Gasteiger partial charge is 0.381 e. The maximum atomic E-state index is 10.2. The second-order valence-electron chi connectivity index (χ2n) is 3.47. The third kappa shape index (κ3) is 2.18. The average molecular weight is 302 g/mol. The zero-order valence-corrected chi connectivity index (χ0v) is 11.4. The fraction of sp³-hybridized carbons (Fsp3) is 0.400. The molecule has 0 aliphatic rings. The summed E-state index contributed by atoms with van der Waals surface area (Å²) in [6.07, 6.45) is 1.97. The minimum absolute atomic E-state index is 0.681. The van der Waals surface area contributed by atoms with E-state index < -0.39 is 6.10 Å². The van der Waals surface area contributed by atoms with E-state index in [4.69, 9.17) is 0 Å². The summed E-state index contributed by atoms with van der Waals surface area (Å²) in [7, 11) is 1.85. The van der Waals surface area contributed by atoms with Gasteiger partial charge in [-0.15, -0.1) is 11.3 Å². The molecule has 0 saturated heterocycles. The van der Waals surface area contributed by atoms with Crippen molar-refractivity contribution in [2.45, 2.75) is 19.4 Å². The van der Waals surface area contributed by atoms with E-state index in [1.807, 2.05) is 25.5 Å². The summed E-state index contributed by atoms with van der Waals surface area (Å²) in [6, 6.07) is 0. The SMILES string of the molecule is CCc1nn(C)cc1C(O)c1nc(Br)cs1. The van der Waals surface area contributed by atoms with Crippen molar-refractivity contribution in [2.75, 3.05) is 0 Å². The van der Waals surface area contributed by atoms with Gasteiger partial charge >= 0.3 is 0 Å². The average Bonchev–Trinajstić information content (AvgIpc) is 2.83. The summed E-state index contributed by atoms with van der Waals surface area (Å²) in [5.41, 5.74) is 1.76. The molecular formula is C10H12BrN3OS. The van der Waals surface area contributed by atoms with Crippen molar-refractivity contribution < 1.29 is 5.11 Å². The molecule has 0 aromatic carbocycles. The van der Waals surface area contributed by atoms with Crippen LogP contribution in [0.3, 0.4) is 0 Å². The number of aromatic nitrogens is 3. The van der Waals surface area contributed by atoms with Gasteiger partial charge in [-0.2, -0.15) is 5.10 Å². The van der Waals surface area contributed by atoms with Crippen molar-refractivity contribution in [3.05, 3.63) is 32.4 Å². The van der Waals surface area contributed by atoms with Crippen molar-refractivity contribution in [1.29, 1.82) is 0 Å². The fourth-order valence-electron chi connectivity index (χ4n) is 1.58. The Kier molecular flexibility index (Phi) is 3.41. The van der Waals surface area contributed by atoms with Crippen LogP contribution in [0.5, 0.6) is 0 Å². The summed E-state index contributed by atoms with van der Waals surface area (Å²) < 4.78 is 2.48. The number of rotatable bonds is 3. The normalized spacial score (nSPS) is 13.0. The van der Waals surface area contributed by atoms with Gasteiger partial charge in [0.25, 0.3) is 0 Å². The Bertz CT molecular complexity index is 494. The van der Waals surface area contributed by atoms with Gasteiger partial charge in [0.1, 0.15) is 15.7 Å². The highest BCUT2D eigenvalue weighted by Crippen LogP contribution is 2.28. The van der Waals surface area contributed by atoms with Gasteiger partial charge < -0.3 is 5.11 Å². The summed E-state index contributed by atoms with van der Waals surface area (Å²) in [4.78, 5) is 4.22. The lowest BCUT2D eigenvalue weighted by molar-refractivity contribution is 0.218. The molecule has 0 aliphatic heterocycles. The topological polar surface area (TPSA) is 50.9 Å². The number of nitrogens with zero attached hydrogens (tertiary/aromatic N) is 3. The second kappa shape index (κ2) is 4.65. The lowest BCUT2D eigenvalue weighted by Gasteiger charge is -2.06. The number of hydrogen-bond donors (Lipinski definition) is 1. The first kappa shape index (κ1) is 11.8. The van der Waals surface area contributed by atoms with Crippen molar-refractivity contribution in [3.8, 4) is 0 Å². The zero-order valence-electron chi connectivity index (χ0n) is 9.01. The van der Waals surface area contributed by atoms with Crippen molar-refractivity contribution >= 4 is 27.3 Å². The maximum absolute atomic E-state index is 10.2. The number of hydrogen-bond acceptors (Lipinski definition) is 4. The molecule has 1 unspecified atom stereocenters. The molecule has 2 aromatic rings. The van der Waals surface area contributed by atoms with E-state index in [-0.39, 0.29) is 0 Å². The Morgan fingerprint density at radius 1 is 1.62 bits per heavy atom. The first-order valence-electron chi connectivity index (χ1n) is 4.93. The number of aliphatic hydroxyl groups is 1.